The number of fused-ring (bicyclic) bond motifs is 3. The van der Waals surface area contributed by atoms with Crippen molar-refractivity contribution >= 4 is 27.2 Å². The molecule has 5 aromatic rings. The van der Waals surface area contributed by atoms with E-state index in [2.05, 4.69) is 31.1 Å². The van der Waals surface area contributed by atoms with E-state index in [1.54, 1.807) is 11.3 Å². The van der Waals surface area contributed by atoms with Crippen molar-refractivity contribution in [3.05, 3.63) is 87.2 Å². The van der Waals surface area contributed by atoms with Gasteiger partial charge in [0, 0.05) is 17.0 Å². The number of thiophene rings is 1. The molecule has 3 aromatic heterocycles. The predicted molar refractivity (Wildman–Crippen MR) is 122 cm³/mol. The van der Waals surface area contributed by atoms with Gasteiger partial charge in [-0.2, -0.15) is 4.52 Å². The Bertz CT molecular complexity index is 1400. The molecule has 150 valence electrons. The lowest BCUT2D eigenvalue weighted by atomic mass is 10.1. The number of benzene rings is 2. The predicted octanol–water partition coefficient (Wildman–Crippen LogP) is 4.89. The molecule has 0 aliphatic rings. The van der Waals surface area contributed by atoms with Crippen LogP contribution in [-0.4, -0.2) is 19.2 Å². The summed E-state index contributed by atoms with van der Waals surface area (Å²) in [4.78, 5) is 20.5. The van der Waals surface area contributed by atoms with Gasteiger partial charge in [-0.15, -0.1) is 16.4 Å². The molecule has 0 N–H and O–H groups in total. The SMILES string of the molecule is CCc1c(C)sc2c1c1nc(-c3ccccc3)nn1c(=O)n2CCc1ccccc1. The first-order valence-electron chi connectivity index (χ1n) is 10.2. The summed E-state index contributed by atoms with van der Waals surface area (Å²) in [6.45, 7) is 4.89. The Morgan fingerprint density at radius 2 is 1.70 bits per heavy atom. The monoisotopic (exact) mass is 414 g/mol. The van der Waals surface area contributed by atoms with Gasteiger partial charge < -0.3 is 0 Å². The molecule has 5 rings (SSSR count). The third-order valence-corrected chi connectivity index (χ3v) is 6.70. The maximum Gasteiger partial charge on any atom is 0.351 e. The maximum absolute atomic E-state index is 13.4. The van der Waals surface area contributed by atoms with Gasteiger partial charge in [0.05, 0.1) is 5.39 Å². The van der Waals surface area contributed by atoms with Crippen molar-refractivity contribution in [2.24, 2.45) is 0 Å². The molecule has 0 aliphatic heterocycles. The lowest BCUT2D eigenvalue weighted by molar-refractivity contribution is 0.654. The van der Waals surface area contributed by atoms with Gasteiger partial charge in [0.1, 0.15) is 4.83 Å². The van der Waals surface area contributed by atoms with Crippen molar-refractivity contribution in [2.75, 3.05) is 0 Å². The summed E-state index contributed by atoms with van der Waals surface area (Å²) in [6.07, 6.45) is 1.69. The fourth-order valence-electron chi connectivity index (χ4n) is 4.01. The minimum absolute atomic E-state index is 0.132. The topological polar surface area (TPSA) is 52.2 Å². The summed E-state index contributed by atoms with van der Waals surface area (Å²) in [5.74, 6) is 0.584. The number of rotatable bonds is 5. The van der Waals surface area contributed by atoms with Gasteiger partial charge in [0.15, 0.2) is 11.5 Å². The van der Waals surface area contributed by atoms with Gasteiger partial charge in [-0.3, -0.25) is 4.57 Å². The largest absolute Gasteiger partial charge is 0.351 e. The van der Waals surface area contributed by atoms with Gasteiger partial charge in [-0.05, 0) is 30.9 Å². The Morgan fingerprint density at radius 3 is 2.40 bits per heavy atom. The van der Waals surface area contributed by atoms with Crippen LogP contribution in [0.2, 0.25) is 0 Å². The molecule has 0 amide bonds. The van der Waals surface area contributed by atoms with Gasteiger partial charge in [-0.1, -0.05) is 67.6 Å². The second-order valence-electron chi connectivity index (χ2n) is 7.38. The minimum Gasteiger partial charge on any atom is -0.283 e. The molecule has 0 atom stereocenters. The zero-order valence-electron chi connectivity index (χ0n) is 17.0. The third-order valence-electron chi connectivity index (χ3n) is 5.53. The number of hydrogen-bond acceptors (Lipinski definition) is 4. The normalized spacial score (nSPS) is 11.5. The summed E-state index contributed by atoms with van der Waals surface area (Å²) < 4.78 is 3.36. The Balaban J connectivity index is 1.74. The van der Waals surface area contributed by atoms with Gasteiger partial charge in [0.25, 0.3) is 0 Å². The van der Waals surface area contributed by atoms with E-state index in [4.69, 9.17) is 4.98 Å². The van der Waals surface area contributed by atoms with E-state index in [0.29, 0.717) is 18.0 Å². The second kappa shape index (κ2) is 7.54. The van der Waals surface area contributed by atoms with Crippen LogP contribution in [0.1, 0.15) is 22.9 Å². The highest BCUT2D eigenvalue weighted by atomic mass is 32.1. The minimum atomic E-state index is -0.132. The summed E-state index contributed by atoms with van der Waals surface area (Å²) >= 11 is 1.68. The highest BCUT2D eigenvalue weighted by Gasteiger charge is 2.21. The van der Waals surface area contributed by atoms with Crippen molar-refractivity contribution in [3.8, 4) is 11.4 Å². The van der Waals surface area contributed by atoms with Crippen molar-refractivity contribution in [1.82, 2.24) is 19.2 Å². The van der Waals surface area contributed by atoms with Crippen molar-refractivity contribution in [3.63, 3.8) is 0 Å². The zero-order valence-corrected chi connectivity index (χ0v) is 17.8. The van der Waals surface area contributed by atoms with Crippen molar-refractivity contribution < 1.29 is 0 Å². The van der Waals surface area contributed by atoms with E-state index in [1.165, 1.54) is 20.5 Å². The molecular weight excluding hydrogens is 392 g/mol. The summed E-state index contributed by atoms with van der Waals surface area (Å²) in [7, 11) is 0. The fourth-order valence-corrected chi connectivity index (χ4v) is 5.27. The van der Waals surface area contributed by atoms with E-state index < -0.39 is 0 Å². The van der Waals surface area contributed by atoms with Crippen LogP contribution < -0.4 is 5.69 Å². The van der Waals surface area contributed by atoms with Crippen LogP contribution in [0.4, 0.5) is 0 Å². The van der Waals surface area contributed by atoms with Gasteiger partial charge in [-0.25, -0.2) is 9.78 Å². The summed E-state index contributed by atoms with van der Waals surface area (Å²) in [5, 5.41) is 5.67. The van der Waals surface area contributed by atoms with Gasteiger partial charge in [0.2, 0.25) is 0 Å². The van der Waals surface area contributed by atoms with E-state index in [1.807, 2.05) is 53.1 Å². The van der Waals surface area contributed by atoms with Crippen LogP contribution >= 0.6 is 11.3 Å². The Labute approximate surface area is 178 Å². The number of aromatic nitrogens is 4. The van der Waals surface area contributed by atoms with E-state index in [9.17, 15) is 4.79 Å². The molecule has 5 nitrogen and oxygen atoms in total. The molecule has 3 heterocycles. The maximum atomic E-state index is 13.4. The first-order valence-corrected chi connectivity index (χ1v) is 11.0. The number of hydrogen-bond donors (Lipinski definition) is 0. The van der Waals surface area contributed by atoms with Crippen LogP contribution in [0.15, 0.2) is 65.5 Å². The van der Waals surface area contributed by atoms with Crippen LogP contribution in [0, 0.1) is 6.92 Å². The Hall–Kier alpha value is -3.25. The number of aryl methyl sites for hydroxylation is 4. The van der Waals surface area contributed by atoms with E-state index in [0.717, 1.165) is 28.6 Å². The average molecular weight is 415 g/mol. The standard InChI is InChI=1S/C24H22N4OS/c1-3-19-16(2)30-23-20(19)22-25-21(18-12-8-5-9-13-18)26-28(22)24(29)27(23)15-14-17-10-6-4-7-11-17/h4-13H,3,14-15H2,1-2H3. The lowest BCUT2D eigenvalue weighted by Gasteiger charge is -2.09. The van der Waals surface area contributed by atoms with Gasteiger partial charge >= 0.3 is 5.69 Å². The molecule has 0 bridgehead atoms. The molecule has 0 aliphatic carbocycles. The quantitative estimate of drug-likeness (QED) is 0.412. The van der Waals surface area contributed by atoms with E-state index >= 15 is 0 Å². The highest BCUT2D eigenvalue weighted by molar-refractivity contribution is 7.19. The number of nitrogens with zero attached hydrogens (tertiary/aromatic N) is 4. The molecule has 0 saturated heterocycles. The molecule has 0 fully saturated rings. The molecule has 0 saturated carbocycles. The molecule has 2 aromatic carbocycles. The summed E-state index contributed by atoms with van der Waals surface area (Å²) in [6, 6.07) is 20.1. The van der Waals surface area contributed by atoms with Crippen LogP contribution in [0.3, 0.4) is 0 Å². The Morgan fingerprint density at radius 1 is 1.00 bits per heavy atom. The van der Waals surface area contributed by atoms with Crippen LogP contribution in [-0.2, 0) is 19.4 Å². The lowest BCUT2D eigenvalue weighted by Crippen LogP contribution is -2.28. The van der Waals surface area contributed by atoms with Crippen molar-refractivity contribution in [1.29, 1.82) is 0 Å². The molecule has 6 heteroatoms. The molecular formula is C24H22N4OS. The first kappa shape index (κ1) is 18.8. The first-order chi connectivity index (χ1) is 14.7. The van der Waals surface area contributed by atoms with Crippen molar-refractivity contribution in [2.45, 2.75) is 33.2 Å². The molecule has 0 unspecified atom stereocenters. The smallest absolute Gasteiger partial charge is 0.283 e. The highest BCUT2D eigenvalue weighted by Crippen LogP contribution is 2.33. The zero-order chi connectivity index (χ0) is 20.7. The molecule has 0 radical (unpaired) electrons. The fraction of sp³-hybridized carbons (Fsp3) is 0.208. The average Bonchev–Trinajstić information content (AvgIpc) is 3.36. The molecule has 0 spiro atoms. The third kappa shape index (κ3) is 3.04. The van der Waals surface area contributed by atoms with E-state index in [-0.39, 0.29) is 5.69 Å². The van der Waals surface area contributed by atoms with Crippen LogP contribution in [0.25, 0.3) is 27.3 Å². The van der Waals surface area contributed by atoms with Crippen LogP contribution in [0.5, 0.6) is 0 Å². The Kier molecular flexibility index (Phi) is 4.71. The summed E-state index contributed by atoms with van der Waals surface area (Å²) in [5.41, 5.74) is 3.90. The second-order valence-corrected chi connectivity index (χ2v) is 8.58. The molecule has 30 heavy (non-hydrogen) atoms.